The smallest absolute Gasteiger partial charge is 0.121 e. The maximum absolute atomic E-state index is 5.92. The fraction of sp³-hybridized carbons (Fsp3) is 0.647. The highest BCUT2D eigenvalue weighted by atomic mass is 16.5. The molecule has 1 heterocycles. The Kier molecular flexibility index (Phi) is 5.72. The average molecular weight is 276 g/mol. The molecule has 1 unspecified atom stereocenters. The van der Waals surface area contributed by atoms with Crippen molar-refractivity contribution in [1.82, 2.24) is 5.32 Å². The summed E-state index contributed by atoms with van der Waals surface area (Å²) in [5.74, 6) is 0.991. The van der Waals surface area contributed by atoms with Gasteiger partial charge in [0.1, 0.15) is 5.75 Å². The summed E-state index contributed by atoms with van der Waals surface area (Å²) >= 11 is 0. The first kappa shape index (κ1) is 15.2. The van der Waals surface area contributed by atoms with Crippen molar-refractivity contribution in [2.24, 2.45) is 0 Å². The molecule has 3 nitrogen and oxygen atoms in total. The second-order valence-electron chi connectivity index (χ2n) is 5.65. The Morgan fingerprint density at radius 1 is 1.30 bits per heavy atom. The monoisotopic (exact) mass is 276 g/mol. The van der Waals surface area contributed by atoms with Gasteiger partial charge >= 0.3 is 0 Å². The Bertz CT molecular complexity index is 400. The first-order valence-corrected chi connectivity index (χ1v) is 7.98. The Morgan fingerprint density at radius 3 is 2.70 bits per heavy atom. The van der Waals surface area contributed by atoms with Crippen molar-refractivity contribution in [2.75, 3.05) is 24.5 Å². The number of benzene rings is 1. The number of anilines is 1. The van der Waals surface area contributed by atoms with Gasteiger partial charge in [0, 0.05) is 30.9 Å². The number of hydrogen-bond acceptors (Lipinski definition) is 3. The lowest BCUT2D eigenvalue weighted by Gasteiger charge is -2.34. The zero-order valence-corrected chi connectivity index (χ0v) is 13.1. The van der Waals surface area contributed by atoms with E-state index in [1.807, 2.05) is 0 Å². The van der Waals surface area contributed by atoms with Crippen LogP contribution in [0.1, 0.15) is 40.0 Å². The fourth-order valence-corrected chi connectivity index (χ4v) is 2.70. The Balaban J connectivity index is 1.94. The van der Waals surface area contributed by atoms with E-state index in [1.54, 1.807) is 0 Å². The molecule has 3 heteroatoms. The molecule has 1 atom stereocenters. The quantitative estimate of drug-likeness (QED) is 0.861. The summed E-state index contributed by atoms with van der Waals surface area (Å²) in [6, 6.07) is 9.22. The number of nitrogens with zero attached hydrogens (tertiary/aromatic N) is 1. The van der Waals surface area contributed by atoms with Crippen LogP contribution in [0.3, 0.4) is 0 Å². The van der Waals surface area contributed by atoms with E-state index in [4.69, 9.17) is 4.74 Å². The van der Waals surface area contributed by atoms with Gasteiger partial charge < -0.3 is 15.0 Å². The normalized spacial score (nSPS) is 18.1. The fourth-order valence-electron chi connectivity index (χ4n) is 2.70. The molecule has 2 rings (SSSR count). The highest BCUT2D eigenvalue weighted by Crippen LogP contribution is 2.25. The topological polar surface area (TPSA) is 24.5 Å². The molecule has 0 saturated carbocycles. The maximum Gasteiger partial charge on any atom is 0.121 e. The van der Waals surface area contributed by atoms with Crippen molar-refractivity contribution in [2.45, 2.75) is 52.2 Å². The Hall–Kier alpha value is -1.22. The molecule has 0 spiro atoms. The number of ether oxygens (including phenoxy) is 1. The van der Waals surface area contributed by atoms with Gasteiger partial charge in [0.05, 0.1) is 6.10 Å². The van der Waals surface area contributed by atoms with Crippen molar-refractivity contribution in [1.29, 1.82) is 0 Å². The first-order chi connectivity index (χ1) is 9.72. The zero-order chi connectivity index (χ0) is 14.4. The van der Waals surface area contributed by atoms with E-state index >= 15 is 0 Å². The van der Waals surface area contributed by atoms with Gasteiger partial charge in [-0.3, -0.25) is 0 Å². The van der Waals surface area contributed by atoms with Crippen LogP contribution in [-0.4, -0.2) is 31.8 Å². The number of nitrogens with one attached hydrogen (secondary N) is 1. The van der Waals surface area contributed by atoms with Crippen molar-refractivity contribution in [3.8, 4) is 5.75 Å². The molecular weight excluding hydrogens is 248 g/mol. The molecule has 0 radical (unpaired) electrons. The van der Waals surface area contributed by atoms with E-state index in [9.17, 15) is 0 Å². The highest BCUT2D eigenvalue weighted by Gasteiger charge is 2.18. The van der Waals surface area contributed by atoms with Crippen LogP contribution in [0.25, 0.3) is 0 Å². The predicted octanol–water partition coefficient (Wildman–Crippen LogP) is 3.44. The summed E-state index contributed by atoms with van der Waals surface area (Å²) in [6.45, 7) is 9.79. The number of piperidine rings is 1. The van der Waals surface area contributed by atoms with Gasteiger partial charge in [0.25, 0.3) is 0 Å². The van der Waals surface area contributed by atoms with Crippen LogP contribution in [0.15, 0.2) is 24.3 Å². The van der Waals surface area contributed by atoms with Crippen molar-refractivity contribution < 1.29 is 4.74 Å². The van der Waals surface area contributed by atoms with Gasteiger partial charge in [-0.15, -0.1) is 0 Å². The molecule has 0 bridgehead atoms. The molecule has 1 aliphatic heterocycles. The molecule has 1 aromatic rings. The molecule has 1 aliphatic rings. The largest absolute Gasteiger partial charge is 0.491 e. The van der Waals surface area contributed by atoms with Gasteiger partial charge in [0.15, 0.2) is 0 Å². The van der Waals surface area contributed by atoms with Gasteiger partial charge in [-0.25, -0.2) is 0 Å². The van der Waals surface area contributed by atoms with Crippen molar-refractivity contribution in [3.63, 3.8) is 0 Å². The Labute approximate surface area is 123 Å². The predicted molar refractivity (Wildman–Crippen MR) is 85.7 cm³/mol. The highest BCUT2D eigenvalue weighted by molar-refractivity contribution is 5.51. The number of rotatable bonds is 6. The van der Waals surface area contributed by atoms with Crippen LogP contribution < -0.4 is 15.0 Å². The van der Waals surface area contributed by atoms with E-state index < -0.39 is 0 Å². The molecule has 0 amide bonds. The van der Waals surface area contributed by atoms with Crippen LogP contribution in [0.4, 0.5) is 5.69 Å². The third-order valence-electron chi connectivity index (χ3n) is 4.08. The molecule has 0 aromatic heterocycles. The van der Waals surface area contributed by atoms with E-state index in [2.05, 4.69) is 55.3 Å². The van der Waals surface area contributed by atoms with Crippen LogP contribution in [0, 0.1) is 0 Å². The molecule has 1 aromatic carbocycles. The summed E-state index contributed by atoms with van der Waals surface area (Å²) in [5, 5.41) is 3.55. The minimum Gasteiger partial charge on any atom is -0.491 e. The lowest BCUT2D eigenvalue weighted by molar-refractivity contribution is 0.217. The van der Waals surface area contributed by atoms with Crippen LogP contribution >= 0.6 is 0 Å². The van der Waals surface area contributed by atoms with Gasteiger partial charge in [-0.1, -0.05) is 19.9 Å². The number of hydrogen-bond donors (Lipinski definition) is 1. The van der Waals surface area contributed by atoms with Crippen molar-refractivity contribution in [3.05, 3.63) is 24.3 Å². The second kappa shape index (κ2) is 7.53. The summed E-state index contributed by atoms with van der Waals surface area (Å²) in [4.78, 5) is 2.47. The van der Waals surface area contributed by atoms with Crippen LogP contribution in [0.5, 0.6) is 5.75 Å². The summed E-state index contributed by atoms with van der Waals surface area (Å²) in [5.41, 5.74) is 1.29. The molecule has 1 fully saturated rings. The van der Waals surface area contributed by atoms with Gasteiger partial charge in [-0.05, 0) is 44.9 Å². The van der Waals surface area contributed by atoms with Crippen LogP contribution in [-0.2, 0) is 0 Å². The standard InChI is InChI=1S/C17H28N2O/c1-4-14(3)20-17-8-6-7-16(13-17)19-11-9-15(10-12-19)18-5-2/h6-8,13-15,18H,4-5,9-12H2,1-3H3. The lowest BCUT2D eigenvalue weighted by atomic mass is 10.0. The molecule has 0 aliphatic carbocycles. The third kappa shape index (κ3) is 4.14. The molecule has 112 valence electrons. The summed E-state index contributed by atoms with van der Waals surface area (Å²) in [7, 11) is 0. The van der Waals surface area contributed by atoms with Crippen molar-refractivity contribution >= 4 is 5.69 Å². The van der Waals surface area contributed by atoms with Gasteiger partial charge in [0.2, 0.25) is 0 Å². The average Bonchev–Trinajstić information content (AvgIpc) is 2.48. The van der Waals surface area contributed by atoms with Gasteiger partial charge in [-0.2, -0.15) is 0 Å². The lowest BCUT2D eigenvalue weighted by Crippen LogP contribution is -2.42. The molecule has 1 N–H and O–H groups in total. The molecule has 1 saturated heterocycles. The van der Waals surface area contributed by atoms with E-state index in [0.29, 0.717) is 6.04 Å². The van der Waals surface area contributed by atoms with E-state index in [-0.39, 0.29) is 6.10 Å². The third-order valence-corrected chi connectivity index (χ3v) is 4.08. The SMILES string of the molecule is CCNC1CCN(c2cccc(OC(C)CC)c2)CC1. The maximum atomic E-state index is 5.92. The Morgan fingerprint density at radius 2 is 2.05 bits per heavy atom. The summed E-state index contributed by atoms with van der Waals surface area (Å²) < 4.78 is 5.92. The zero-order valence-electron chi connectivity index (χ0n) is 13.1. The van der Waals surface area contributed by atoms with E-state index in [0.717, 1.165) is 31.8 Å². The molecular formula is C17H28N2O. The van der Waals surface area contributed by atoms with Crippen LogP contribution in [0.2, 0.25) is 0 Å². The second-order valence-corrected chi connectivity index (χ2v) is 5.65. The molecule has 20 heavy (non-hydrogen) atoms. The first-order valence-electron chi connectivity index (χ1n) is 7.98. The van der Waals surface area contributed by atoms with E-state index in [1.165, 1.54) is 18.5 Å². The summed E-state index contributed by atoms with van der Waals surface area (Å²) in [6.07, 6.45) is 3.78. The minimum absolute atomic E-state index is 0.282. The minimum atomic E-state index is 0.282.